The molecule has 1 amide bonds. The summed E-state index contributed by atoms with van der Waals surface area (Å²) < 4.78 is 22.7. The Morgan fingerprint density at radius 3 is 1.33 bits per heavy atom. The minimum Gasteiger partial charge on any atom is -0.394 e. The first kappa shape index (κ1) is 76.5. The highest BCUT2D eigenvalue weighted by molar-refractivity contribution is 5.76. The molecular weight excluding hydrogens is 1050 g/mol. The van der Waals surface area contributed by atoms with Crippen LogP contribution < -0.4 is 5.32 Å². The molecule has 14 nitrogen and oxygen atoms in total. The summed E-state index contributed by atoms with van der Waals surface area (Å²) in [4.78, 5) is 13.2. The fraction of sp³-hybridized carbons (Fsp3) is 0.812. The molecule has 0 aromatic carbocycles. The number of carbonyl (C=O) groups excluding carboxylic acids is 1. The molecule has 2 saturated heterocycles. The largest absolute Gasteiger partial charge is 0.394 e. The fourth-order valence-electron chi connectivity index (χ4n) is 10.8. The smallest absolute Gasteiger partial charge is 0.220 e. The van der Waals surface area contributed by atoms with Crippen molar-refractivity contribution in [2.75, 3.05) is 19.8 Å². The Bertz CT molecular complexity index is 1670. The Hall–Kier alpha value is -2.57. The molecule has 0 bridgehead atoms. The van der Waals surface area contributed by atoms with Gasteiger partial charge in [-0.25, -0.2) is 0 Å². The van der Waals surface area contributed by atoms with E-state index < -0.39 is 86.8 Å². The Kier molecular flexibility index (Phi) is 49.5. The third-order valence-electron chi connectivity index (χ3n) is 16.1. The van der Waals surface area contributed by atoms with Gasteiger partial charge in [-0.15, -0.1) is 0 Å². The average molecular weight is 1170 g/mol. The summed E-state index contributed by atoms with van der Waals surface area (Å²) in [5.74, 6) is -0.249. The summed E-state index contributed by atoms with van der Waals surface area (Å²) in [6.45, 7) is 2.63. The van der Waals surface area contributed by atoms with E-state index in [2.05, 4.69) is 79.9 Å². The molecule has 12 atom stereocenters. The summed E-state index contributed by atoms with van der Waals surface area (Å²) in [5, 5.41) is 86.9. The van der Waals surface area contributed by atoms with E-state index in [0.29, 0.717) is 12.8 Å². The van der Waals surface area contributed by atoms with Gasteiger partial charge < -0.3 is 65.1 Å². The number of aliphatic hydroxyl groups is 8. The monoisotopic (exact) mass is 1170 g/mol. The van der Waals surface area contributed by atoms with Gasteiger partial charge in [0.2, 0.25) is 5.91 Å². The second kappa shape index (κ2) is 53.7. The van der Waals surface area contributed by atoms with Crippen LogP contribution in [0.5, 0.6) is 0 Å². The van der Waals surface area contributed by atoms with Crippen LogP contribution in [0.2, 0.25) is 0 Å². The molecular formula is C69H123NO13. The van der Waals surface area contributed by atoms with E-state index >= 15 is 0 Å². The third-order valence-corrected chi connectivity index (χ3v) is 16.1. The topological polar surface area (TPSA) is 228 Å². The number of ether oxygens (including phenoxy) is 4. The Morgan fingerprint density at radius 2 is 0.843 bits per heavy atom. The van der Waals surface area contributed by atoms with Crippen LogP contribution in [0.15, 0.2) is 72.9 Å². The first-order valence-electron chi connectivity index (χ1n) is 33.7. The highest BCUT2D eigenvalue weighted by atomic mass is 16.7. The average Bonchev–Trinajstić information content (AvgIpc) is 3.47. The van der Waals surface area contributed by atoms with Gasteiger partial charge in [0.05, 0.1) is 32.0 Å². The molecule has 14 heteroatoms. The van der Waals surface area contributed by atoms with Crippen LogP contribution >= 0.6 is 0 Å². The van der Waals surface area contributed by atoms with Crippen molar-refractivity contribution in [1.29, 1.82) is 0 Å². The van der Waals surface area contributed by atoms with Crippen LogP contribution in [-0.2, 0) is 23.7 Å². The minimum absolute atomic E-state index is 0.249. The van der Waals surface area contributed by atoms with Gasteiger partial charge in [-0.3, -0.25) is 4.79 Å². The zero-order valence-electron chi connectivity index (χ0n) is 52.2. The molecule has 0 aromatic rings. The molecule has 0 spiro atoms. The number of rotatable bonds is 54. The summed E-state index contributed by atoms with van der Waals surface area (Å²) in [6.07, 6.45) is 55.8. The number of nitrogens with one attached hydrogen (secondary N) is 1. The van der Waals surface area contributed by atoms with E-state index in [4.69, 9.17) is 18.9 Å². The van der Waals surface area contributed by atoms with E-state index in [0.717, 1.165) is 57.8 Å². The van der Waals surface area contributed by atoms with Crippen LogP contribution in [0.25, 0.3) is 0 Å². The lowest BCUT2D eigenvalue weighted by Crippen LogP contribution is -2.65. The van der Waals surface area contributed by atoms with Crippen molar-refractivity contribution in [3.8, 4) is 0 Å². The van der Waals surface area contributed by atoms with Crippen molar-refractivity contribution in [3.05, 3.63) is 72.9 Å². The van der Waals surface area contributed by atoms with Gasteiger partial charge in [-0.05, 0) is 70.6 Å². The number of unbranched alkanes of at least 4 members (excludes halogenated alkanes) is 31. The molecule has 12 unspecified atom stereocenters. The van der Waals surface area contributed by atoms with E-state index in [1.165, 1.54) is 173 Å². The van der Waals surface area contributed by atoms with Crippen LogP contribution in [0, 0.1) is 0 Å². The van der Waals surface area contributed by atoms with Gasteiger partial charge in [0.25, 0.3) is 0 Å². The molecule has 2 rings (SSSR count). The number of allylic oxidation sites excluding steroid dienone is 11. The summed E-state index contributed by atoms with van der Waals surface area (Å²) in [5.41, 5.74) is 0. The van der Waals surface area contributed by atoms with Crippen molar-refractivity contribution < 1.29 is 64.6 Å². The second-order valence-corrected chi connectivity index (χ2v) is 23.6. The molecule has 0 aromatic heterocycles. The van der Waals surface area contributed by atoms with Crippen molar-refractivity contribution in [1.82, 2.24) is 5.32 Å². The minimum atomic E-state index is -1.79. The van der Waals surface area contributed by atoms with Crippen molar-refractivity contribution in [2.45, 2.75) is 338 Å². The number of carbonyl (C=O) groups is 1. The quantitative estimate of drug-likeness (QED) is 0.0204. The summed E-state index contributed by atoms with van der Waals surface area (Å²) >= 11 is 0. The van der Waals surface area contributed by atoms with Crippen molar-refractivity contribution >= 4 is 5.91 Å². The van der Waals surface area contributed by atoms with E-state index in [1.54, 1.807) is 6.08 Å². The van der Waals surface area contributed by atoms with Crippen molar-refractivity contribution in [2.24, 2.45) is 0 Å². The number of aliphatic hydroxyl groups excluding tert-OH is 8. The lowest BCUT2D eigenvalue weighted by molar-refractivity contribution is -0.359. The molecule has 482 valence electrons. The van der Waals surface area contributed by atoms with Crippen LogP contribution in [0.1, 0.15) is 264 Å². The molecule has 2 fully saturated rings. The Labute approximate surface area is 504 Å². The highest BCUT2D eigenvalue weighted by Crippen LogP contribution is 2.30. The van der Waals surface area contributed by atoms with Crippen LogP contribution in [0.3, 0.4) is 0 Å². The number of amides is 1. The first-order chi connectivity index (χ1) is 40.6. The fourth-order valence-corrected chi connectivity index (χ4v) is 10.8. The zero-order chi connectivity index (χ0) is 60.2. The molecule has 0 aliphatic carbocycles. The second-order valence-electron chi connectivity index (χ2n) is 23.6. The molecule has 2 aliphatic heterocycles. The molecule has 0 radical (unpaired) electrons. The maximum absolute atomic E-state index is 13.2. The predicted octanol–water partition coefficient (Wildman–Crippen LogP) is 13.1. The van der Waals surface area contributed by atoms with Gasteiger partial charge >= 0.3 is 0 Å². The maximum atomic E-state index is 13.2. The standard InChI is InChI=1S/C69H123NO13/c1-3-5-7-9-11-13-15-16-17-18-19-20-21-22-23-24-25-26-27-28-29-30-31-32-33-34-35-36-37-38-39-40-41-42-43-45-47-49-51-53-61(74)70-57(58(73)52-50-48-46-44-14-12-10-8-6-4-2)56-80-68-66(79)64(77)67(60(55-72)82-68)83-69-65(78)63(76)62(75)59(54-71)81-69/h5,7,11,13-14,16-17,19-20,44,50,52,57-60,62-69,71-73,75-79H,3-4,6,8-10,12,15,18,21-43,45-49,51,53-56H2,1-2H3,(H,70,74)/b7-5-,13-11-,17-16-,20-19-,44-14+,52-50+. The van der Waals surface area contributed by atoms with Gasteiger partial charge in [0.15, 0.2) is 12.6 Å². The van der Waals surface area contributed by atoms with Gasteiger partial charge in [0, 0.05) is 6.42 Å². The normalized spacial score (nSPS) is 24.3. The molecule has 2 aliphatic rings. The third kappa shape index (κ3) is 38.4. The Balaban J connectivity index is 1.53. The lowest BCUT2D eigenvalue weighted by atomic mass is 9.97. The van der Waals surface area contributed by atoms with E-state index in [-0.39, 0.29) is 18.9 Å². The van der Waals surface area contributed by atoms with Crippen molar-refractivity contribution in [3.63, 3.8) is 0 Å². The Morgan fingerprint density at radius 1 is 0.446 bits per heavy atom. The van der Waals surface area contributed by atoms with Crippen LogP contribution in [-0.4, -0.2) is 140 Å². The van der Waals surface area contributed by atoms with Crippen LogP contribution in [0.4, 0.5) is 0 Å². The van der Waals surface area contributed by atoms with Gasteiger partial charge in [-0.1, -0.05) is 260 Å². The van der Waals surface area contributed by atoms with Gasteiger partial charge in [0.1, 0.15) is 48.8 Å². The first-order valence-corrected chi connectivity index (χ1v) is 33.7. The summed E-state index contributed by atoms with van der Waals surface area (Å²) in [7, 11) is 0. The SMILES string of the molecule is CC/C=C\C/C=C\C/C=C\C/C=C\CCCCCCCCCCCCCCCCCCCCCCCCCCCCC(=O)NC(COC1OC(CO)C(OC2OC(CO)C(O)C(O)C2O)C(O)C1O)C(O)/C=C/CC/C=C/CCCCCC. The molecule has 2 heterocycles. The lowest BCUT2D eigenvalue weighted by Gasteiger charge is -2.46. The van der Waals surface area contributed by atoms with E-state index in [1.807, 2.05) is 6.08 Å². The highest BCUT2D eigenvalue weighted by Gasteiger charge is 2.51. The van der Waals surface area contributed by atoms with E-state index in [9.17, 15) is 45.6 Å². The zero-order valence-corrected chi connectivity index (χ0v) is 52.2. The summed E-state index contributed by atoms with van der Waals surface area (Å²) in [6, 6.07) is -0.930. The molecule has 9 N–H and O–H groups in total. The van der Waals surface area contributed by atoms with Gasteiger partial charge in [-0.2, -0.15) is 0 Å². The number of hydrogen-bond donors (Lipinski definition) is 9. The number of hydrogen-bond acceptors (Lipinski definition) is 13. The molecule has 83 heavy (non-hydrogen) atoms. The molecule has 0 saturated carbocycles. The predicted molar refractivity (Wildman–Crippen MR) is 337 cm³/mol. The maximum Gasteiger partial charge on any atom is 0.220 e.